The van der Waals surface area contributed by atoms with Crippen LogP contribution in [0.25, 0.3) is 33.6 Å². The first-order valence-electron chi connectivity index (χ1n) is 23.9. The fraction of sp³-hybridized carbons (Fsp3) is 0.407. The molecule has 6 heterocycles. The lowest BCUT2D eigenvalue weighted by Gasteiger charge is -2.37. The molecular weight excluding hydrogens is 793 g/mol. The Bertz CT molecular complexity index is 2340. The van der Waals surface area contributed by atoms with Crippen LogP contribution in [-0.2, 0) is 9.59 Å². The summed E-state index contributed by atoms with van der Waals surface area (Å²) < 4.78 is 0. The van der Waals surface area contributed by atoms with Gasteiger partial charge in [0.1, 0.15) is 23.7 Å². The van der Waals surface area contributed by atoms with E-state index < -0.39 is 0 Å². The number of H-pyrrole nitrogens is 2. The summed E-state index contributed by atoms with van der Waals surface area (Å²) in [5.74, 6) is 2.14. The third kappa shape index (κ3) is 8.46. The predicted molar refractivity (Wildman–Crippen MR) is 253 cm³/mol. The minimum Gasteiger partial charge on any atom is -0.344 e. The molecule has 0 radical (unpaired) electrons. The number of aromatic nitrogens is 4. The zero-order chi connectivity index (χ0) is 43.6. The first kappa shape index (κ1) is 42.1. The molecule has 4 unspecified atom stereocenters. The van der Waals surface area contributed by atoms with E-state index in [2.05, 4.69) is 116 Å². The second-order valence-electron chi connectivity index (χ2n) is 18.5. The fourth-order valence-electron chi connectivity index (χ4n) is 11.1. The van der Waals surface area contributed by atoms with Crippen molar-refractivity contribution in [1.29, 1.82) is 0 Å². The highest BCUT2D eigenvalue weighted by Gasteiger charge is 2.41. The number of hydrogen-bond acceptors (Lipinski definition) is 6. The molecule has 0 saturated carbocycles. The number of hydrogen-bond donors (Lipinski definition) is 2. The summed E-state index contributed by atoms with van der Waals surface area (Å²) in [6, 6.07) is 37.3. The molecule has 4 atom stereocenters. The molecule has 4 aromatic carbocycles. The Hall–Kier alpha value is -5.84. The number of carbonyl (C=O) groups excluding carboxylic acids is 2. The van der Waals surface area contributed by atoms with Crippen LogP contribution in [0.4, 0.5) is 0 Å². The number of aromatic amines is 2. The van der Waals surface area contributed by atoms with Gasteiger partial charge in [-0.25, -0.2) is 9.97 Å². The number of benzene rings is 4. The molecule has 2 amide bonds. The van der Waals surface area contributed by atoms with Crippen LogP contribution < -0.4 is 0 Å². The zero-order valence-corrected chi connectivity index (χ0v) is 37.5. The van der Waals surface area contributed by atoms with E-state index in [4.69, 9.17) is 9.97 Å². The molecule has 2 N–H and O–H groups in total. The van der Waals surface area contributed by atoms with Gasteiger partial charge in [-0.2, -0.15) is 0 Å². The highest BCUT2D eigenvalue weighted by atomic mass is 16.2. The van der Waals surface area contributed by atoms with E-state index in [1.807, 2.05) is 36.4 Å². The summed E-state index contributed by atoms with van der Waals surface area (Å²) in [5, 5.41) is 0. The number of likely N-dealkylation sites (tertiary alicyclic amines) is 4. The Balaban J connectivity index is 0.829. The van der Waals surface area contributed by atoms with Gasteiger partial charge in [0, 0.05) is 35.6 Å². The lowest BCUT2D eigenvalue weighted by Crippen LogP contribution is -2.44. The van der Waals surface area contributed by atoms with Gasteiger partial charge in [0.25, 0.3) is 0 Å². The highest BCUT2D eigenvalue weighted by molar-refractivity contribution is 5.85. The van der Waals surface area contributed by atoms with Gasteiger partial charge in [-0.05, 0) is 114 Å². The molecule has 0 spiro atoms. The maximum Gasteiger partial charge on any atom is 0.245 e. The molecule has 2 aromatic heterocycles. The largest absolute Gasteiger partial charge is 0.344 e. The number of carbonyl (C=O) groups is 2. The minimum absolute atomic E-state index is 0.0704. The number of nitrogens with one attached hydrogen (secondary N) is 2. The van der Waals surface area contributed by atoms with E-state index in [1.54, 1.807) is 0 Å². The van der Waals surface area contributed by atoms with Crippen molar-refractivity contribution in [1.82, 2.24) is 39.5 Å². The first-order valence-corrected chi connectivity index (χ1v) is 23.9. The van der Waals surface area contributed by atoms with E-state index in [0.29, 0.717) is 0 Å². The SMILES string of the molecule is Cc1[nH]c(C2CCCN2C(=O)C(c2ccccc2)N2CCCCC2)nc1-c1ccc(-c2ccc(-c3nc(C4CCCN4C(=O)C(c4ccccc4)N4CCCCC4)[nH]c3C)cc2)cc1. The van der Waals surface area contributed by atoms with Gasteiger partial charge in [-0.3, -0.25) is 19.4 Å². The third-order valence-electron chi connectivity index (χ3n) is 14.4. The van der Waals surface area contributed by atoms with Crippen molar-refractivity contribution in [2.24, 2.45) is 0 Å². The Morgan fingerprint density at radius 2 is 0.828 bits per heavy atom. The van der Waals surface area contributed by atoms with Crippen molar-refractivity contribution >= 4 is 11.8 Å². The van der Waals surface area contributed by atoms with Gasteiger partial charge in [0.15, 0.2) is 0 Å². The number of rotatable bonds is 11. The number of aryl methyl sites for hydroxylation is 2. The van der Waals surface area contributed by atoms with Crippen molar-refractivity contribution in [2.75, 3.05) is 39.3 Å². The minimum atomic E-state index is -0.261. The van der Waals surface area contributed by atoms with Crippen LogP contribution in [0.15, 0.2) is 109 Å². The molecule has 4 aliphatic rings. The van der Waals surface area contributed by atoms with Gasteiger partial charge in [-0.15, -0.1) is 0 Å². The zero-order valence-electron chi connectivity index (χ0n) is 37.5. The van der Waals surface area contributed by atoms with Gasteiger partial charge in [-0.1, -0.05) is 122 Å². The average molecular weight is 855 g/mol. The van der Waals surface area contributed by atoms with Crippen LogP contribution >= 0.6 is 0 Å². The molecule has 4 fully saturated rings. The third-order valence-corrected chi connectivity index (χ3v) is 14.4. The number of piperidine rings is 2. The van der Waals surface area contributed by atoms with Crippen molar-refractivity contribution in [3.05, 3.63) is 143 Å². The number of nitrogens with zero attached hydrogens (tertiary/aromatic N) is 6. The van der Waals surface area contributed by atoms with Crippen LogP contribution in [0, 0.1) is 13.8 Å². The lowest BCUT2D eigenvalue weighted by molar-refractivity contribution is -0.139. The normalized spacial score (nSPS) is 20.7. The summed E-state index contributed by atoms with van der Waals surface area (Å²) in [5.41, 5.74) is 10.4. The fourth-order valence-corrected chi connectivity index (χ4v) is 11.1. The molecule has 0 aliphatic carbocycles. The van der Waals surface area contributed by atoms with Crippen LogP contribution in [0.5, 0.6) is 0 Å². The molecule has 64 heavy (non-hydrogen) atoms. The molecule has 10 heteroatoms. The Morgan fingerprint density at radius 3 is 1.20 bits per heavy atom. The predicted octanol–water partition coefficient (Wildman–Crippen LogP) is 10.5. The topological polar surface area (TPSA) is 104 Å². The monoisotopic (exact) mass is 854 g/mol. The second-order valence-corrected chi connectivity index (χ2v) is 18.5. The highest BCUT2D eigenvalue weighted by Crippen LogP contribution is 2.39. The van der Waals surface area contributed by atoms with Crippen molar-refractivity contribution in [3.63, 3.8) is 0 Å². The molecule has 4 aliphatic heterocycles. The van der Waals surface area contributed by atoms with E-state index in [9.17, 15) is 9.59 Å². The van der Waals surface area contributed by atoms with Crippen LogP contribution in [-0.4, -0.2) is 90.6 Å². The first-order chi connectivity index (χ1) is 31.4. The lowest BCUT2D eigenvalue weighted by atomic mass is 10.00. The number of amides is 2. The van der Waals surface area contributed by atoms with Gasteiger partial charge in [0.05, 0.1) is 23.5 Å². The molecule has 0 bridgehead atoms. The standard InChI is InChI=1S/C54H62N8O2/c1-37-47(57-51(55-37)45-21-15-35-61(45)53(63)49(43-17-7-3-8-18-43)59-31-11-5-12-32-59)41-27-23-39(24-28-41)40-25-29-42(30-26-40)48-38(2)56-52(58-48)46-22-16-36-62(46)54(64)50(44-19-9-4-10-20-44)60-33-13-6-14-34-60/h3-4,7-10,17-20,23-30,45-46,49-50H,5-6,11-16,21-22,31-36H2,1-2H3,(H,55,57)(H,56,58). The Morgan fingerprint density at radius 1 is 0.469 bits per heavy atom. The summed E-state index contributed by atoms with van der Waals surface area (Å²) >= 11 is 0. The van der Waals surface area contributed by atoms with Gasteiger partial charge >= 0.3 is 0 Å². The smallest absolute Gasteiger partial charge is 0.245 e. The van der Waals surface area contributed by atoms with E-state index in [0.717, 1.165) is 158 Å². The van der Waals surface area contributed by atoms with Gasteiger partial charge < -0.3 is 19.8 Å². The summed E-state index contributed by atoms with van der Waals surface area (Å²) in [6.07, 6.45) is 10.7. The quantitative estimate of drug-likeness (QED) is 0.135. The Labute approximate surface area is 378 Å². The maximum absolute atomic E-state index is 14.5. The Kier molecular flexibility index (Phi) is 12.3. The van der Waals surface area contributed by atoms with Crippen molar-refractivity contribution < 1.29 is 9.59 Å². The van der Waals surface area contributed by atoms with Crippen LogP contribution in [0.1, 0.15) is 123 Å². The summed E-state index contributed by atoms with van der Waals surface area (Å²) in [7, 11) is 0. The average Bonchev–Trinajstić information content (AvgIpc) is 4.18. The molecule has 6 aromatic rings. The van der Waals surface area contributed by atoms with Gasteiger partial charge in [0.2, 0.25) is 11.8 Å². The molecule has 330 valence electrons. The number of imidazole rings is 2. The van der Waals surface area contributed by atoms with Crippen molar-refractivity contribution in [2.45, 2.75) is 102 Å². The maximum atomic E-state index is 14.5. The van der Waals surface area contributed by atoms with Crippen molar-refractivity contribution in [3.8, 4) is 33.6 Å². The second kappa shape index (κ2) is 18.7. The molecular formula is C54H62N8O2. The van der Waals surface area contributed by atoms with Crippen LogP contribution in [0.3, 0.4) is 0 Å². The molecule has 10 rings (SSSR count). The van der Waals surface area contributed by atoms with Crippen LogP contribution in [0.2, 0.25) is 0 Å². The van der Waals surface area contributed by atoms with E-state index in [-0.39, 0.29) is 36.0 Å². The van der Waals surface area contributed by atoms with E-state index in [1.165, 1.54) is 12.8 Å². The molecule has 4 saturated heterocycles. The molecule has 10 nitrogen and oxygen atoms in total. The summed E-state index contributed by atoms with van der Waals surface area (Å²) in [6.45, 7) is 9.49. The van der Waals surface area contributed by atoms with E-state index >= 15 is 0 Å². The summed E-state index contributed by atoms with van der Waals surface area (Å²) in [4.78, 5) is 55.6.